The molecule has 0 spiro atoms. The van der Waals surface area contributed by atoms with Gasteiger partial charge < -0.3 is 10.1 Å². The molecule has 2 aromatic carbocycles. The third-order valence-electron chi connectivity index (χ3n) is 4.59. The number of rotatable bonds is 5. The fraction of sp³-hybridized carbons (Fsp3) is 0.368. The normalized spacial score (nSPS) is 16.8. The molecule has 2 heteroatoms. The molecule has 0 aromatic heterocycles. The van der Waals surface area contributed by atoms with Crippen LogP contribution in [0.4, 0.5) is 0 Å². The van der Waals surface area contributed by atoms with Crippen molar-refractivity contribution in [3.05, 3.63) is 65.7 Å². The third-order valence-corrected chi connectivity index (χ3v) is 4.59. The van der Waals surface area contributed by atoms with E-state index in [0.717, 1.165) is 5.75 Å². The summed E-state index contributed by atoms with van der Waals surface area (Å²) in [6.45, 7) is 0.622. The van der Waals surface area contributed by atoms with Crippen LogP contribution in [-0.4, -0.2) is 7.05 Å². The number of benzene rings is 2. The zero-order valence-electron chi connectivity index (χ0n) is 12.6. The monoisotopic (exact) mass is 281 g/mol. The van der Waals surface area contributed by atoms with Crippen molar-refractivity contribution in [1.82, 2.24) is 5.32 Å². The van der Waals surface area contributed by atoms with Crippen molar-refractivity contribution in [2.75, 3.05) is 7.05 Å². The van der Waals surface area contributed by atoms with Gasteiger partial charge in [-0.15, -0.1) is 0 Å². The van der Waals surface area contributed by atoms with Crippen molar-refractivity contribution in [2.45, 2.75) is 37.8 Å². The smallest absolute Gasteiger partial charge is 0.119 e. The summed E-state index contributed by atoms with van der Waals surface area (Å²) in [6.07, 6.45) is 5.08. The second kappa shape index (κ2) is 6.31. The average Bonchev–Trinajstić information content (AvgIpc) is 3.05. The van der Waals surface area contributed by atoms with Gasteiger partial charge in [0.15, 0.2) is 0 Å². The van der Waals surface area contributed by atoms with Crippen molar-refractivity contribution in [1.29, 1.82) is 0 Å². The predicted molar refractivity (Wildman–Crippen MR) is 86.4 cm³/mol. The molecule has 2 nitrogen and oxygen atoms in total. The van der Waals surface area contributed by atoms with Gasteiger partial charge in [-0.1, -0.05) is 55.3 Å². The second-order valence-corrected chi connectivity index (χ2v) is 5.84. The third kappa shape index (κ3) is 3.11. The summed E-state index contributed by atoms with van der Waals surface area (Å²) in [4.78, 5) is 0. The van der Waals surface area contributed by atoms with Gasteiger partial charge in [0.1, 0.15) is 12.4 Å². The fourth-order valence-electron chi connectivity index (χ4n) is 3.27. The van der Waals surface area contributed by atoms with Gasteiger partial charge in [0.2, 0.25) is 0 Å². The van der Waals surface area contributed by atoms with Gasteiger partial charge >= 0.3 is 0 Å². The van der Waals surface area contributed by atoms with Gasteiger partial charge in [-0.2, -0.15) is 0 Å². The Morgan fingerprint density at radius 3 is 2.24 bits per heavy atom. The van der Waals surface area contributed by atoms with E-state index in [9.17, 15) is 0 Å². The molecule has 0 aliphatic heterocycles. The molecule has 1 aliphatic rings. The molecule has 0 bridgehead atoms. The van der Waals surface area contributed by atoms with E-state index >= 15 is 0 Å². The van der Waals surface area contributed by atoms with Crippen LogP contribution in [0.2, 0.25) is 0 Å². The topological polar surface area (TPSA) is 21.3 Å². The highest BCUT2D eigenvalue weighted by Crippen LogP contribution is 2.38. The fourth-order valence-corrected chi connectivity index (χ4v) is 3.27. The summed E-state index contributed by atoms with van der Waals surface area (Å²) in [5, 5.41) is 3.53. The van der Waals surface area contributed by atoms with E-state index in [1.807, 2.05) is 18.2 Å². The molecule has 3 rings (SSSR count). The quantitative estimate of drug-likeness (QED) is 0.884. The van der Waals surface area contributed by atoms with E-state index in [4.69, 9.17) is 4.74 Å². The summed E-state index contributed by atoms with van der Waals surface area (Å²) < 4.78 is 5.86. The maximum absolute atomic E-state index is 5.86. The maximum Gasteiger partial charge on any atom is 0.119 e. The van der Waals surface area contributed by atoms with Crippen LogP contribution < -0.4 is 10.1 Å². The van der Waals surface area contributed by atoms with Crippen molar-refractivity contribution in [2.24, 2.45) is 0 Å². The minimum atomic E-state index is 0.179. The zero-order chi connectivity index (χ0) is 14.5. The summed E-state index contributed by atoms with van der Waals surface area (Å²) in [6, 6.07) is 18.9. The van der Waals surface area contributed by atoms with Crippen LogP contribution in [0.15, 0.2) is 54.6 Å². The molecular weight excluding hydrogens is 258 g/mol. The van der Waals surface area contributed by atoms with Gasteiger partial charge in [-0.25, -0.2) is 0 Å². The van der Waals surface area contributed by atoms with E-state index < -0.39 is 0 Å². The second-order valence-electron chi connectivity index (χ2n) is 5.84. The van der Waals surface area contributed by atoms with Crippen molar-refractivity contribution >= 4 is 0 Å². The molecule has 1 fully saturated rings. The van der Waals surface area contributed by atoms with Gasteiger partial charge in [-0.05, 0) is 43.1 Å². The Balaban J connectivity index is 1.67. The molecule has 0 unspecified atom stereocenters. The van der Waals surface area contributed by atoms with Crippen molar-refractivity contribution in [3.8, 4) is 5.75 Å². The van der Waals surface area contributed by atoms with Gasteiger partial charge in [-0.3, -0.25) is 0 Å². The van der Waals surface area contributed by atoms with Crippen molar-refractivity contribution < 1.29 is 4.74 Å². The van der Waals surface area contributed by atoms with E-state index in [1.165, 1.54) is 36.8 Å². The van der Waals surface area contributed by atoms with Crippen molar-refractivity contribution in [3.63, 3.8) is 0 Å². The Bertz CT molecular complexity index is 556. The Kier molecular flexibility index (Phi) is 4.26. The highest BCUT2D eigenvalue weighted by atomic mass is 16.5. The lowest BCUT2D eigenvalue weighted by Gasteiger charge is -2.29. The number of ether oxygens (including phenoxy) is 1. The lowest BCUT2D eigenvalue weighted by molar-refractivity contribution is 0.305. The molecule has 0 saturated heterocycles. The first-order valence-electron chi connectivity index (χ1n) is 7.79. The Morgan fingerprint density at radius 1 is 0.952 bits per heavy atom. The van der Waals surface area contributed by atoms with Gasteiger partial charge in [0.25, 0.3) is 0 Å². The Labute approximate surface area is 127 Å². The molecule has 0 radical (unpaired) electrons. The molecule has 110 valence electrons. The average molecular weight is 281 g/mol. The van der Waals surface area contributed by atoms with Gasteiger partial charge in [0.05, 0.1) is 0 Å². The van der Waals surface area contributed by atoms with Gasteiger partial charge in [0, 0.05) is 5.54 Å². The van der Waals surface area contributed by atoms with E-state index in [-0.39, 0.29) is 5.54 Å². The highest BCUT2D eigenvalue weighted by molar-refractivity contribution is 5.33. The summed E-state index contributed by atoms with van der Waals surface area (Å²) in [5.41, 5.74) is 2.76. The molecule has 1 saturated carbocycles. The van der Waals surface area contributed by atoms with Crippen LogP contribution in [0.25, 0.3) is 0 Å². The molecule has 21 heavy (non-hydrogen) atoms. The number of hydrogen-bond donors (Lipinski definition) is 1. The molecule has 1 aliphatic carbocycles. The lowest BCUT2D eigenvalue weighted by Crippen LogP contribution is -2.36. The summed E-state index contributed by atoms with van der Waals surface area (Å²) >= 11 is 0. The SMILES string of the molecule is CNC1(c2ccc(OCc3ccccc3)cc2)CCCC1. The molecule has 0 atom stereocenters. The van der Waals surface area contributed by atoms with Crippen LogP contribution >= 0.6 is 0 Å². The predicted octanol–water partition coefficient (Wildman–Crippen LogP) is 4.25. The highest BCUT2D eigenvalue weighted by Gasteiger charge is 2.33. The van der Waals surface area contributed by atoms with Crippen LogP contribution in [0.1, 0.15) is 36.8 Å². The number of hydrogen-bond acceptors (Lipinski definition) is 2. The Morgan fingerprint density at radius 2 is 1.62 bits per heavy atom. The van der Waals surface area contributed by atoms with Crippen LogP contribution in [-0.2, 0) is 12.1 Å². The number of nitrogens with one attached hydrogen (secondary N) is 1. The van der Waals surface area contributed by atoms with Crippen LogP contribution in [0.3, 0.4) is 0 Å². The first-order chi connectivity index (χ1) is 10.3. The maximum atomic E-state index is 5.86. The van der Waals surface area contributed by atoms with E-state index in [2.05, 4.69) is 48.8 Å². The zero-order valence-corrected chi connectivity index (χ0v) is 12.6. The molecule has 1 N–H and O–H groups in total. The largest absolute Gasteiger partial charge is 0.489 e. The minimum absolute atomic E-state index is 0.179. The first-order valence-corrected chi connectivity index (χ1v) is 7.79. The van der Waals surface area contributed by atoms with E-state index in [1.54, 1.807) is 0 Å². The summed E-state index contributed by atoms with van der Waals surface area (Å²) in [7, 11) is 2.07. The van der Waals surface area contributed by atoms with E-state index in [0.29, 0.717) is 6.61 Å². The minimum Gasteiger partial charge on any atom is -0.489 e. The standard InChI is InChI=1S/C19H23NO/c1-20-19(13-5-6-14-19)17-9-11-18(12-10-17)21-15-16-7-3-2-4-8-16/h2-4,7-12,20H,5-6,13-15H2,1H3. The molecule has 0 amide bonds. The lowest BCUT2D eigenvalue weighted by atomic mass is 9.88. The Hall–Kier alpha value is -1.80. The molecular formula is C19H23NO. The molecule has 2 aromatic rings. The molecule has 0 heterocycles. The summed E-state index contributed by atoms with van der Waals surface area (Å²) in [5.74, 6) is 0.937. The first kappa shape index (κ1) is 14.2. The van der Waals surface area contributed by atoms with Crippen LogP contribution in [0, 0.1) is 0 Å². The van der Waals surface area contributed by atoms with Crippen LogP contribution in [0.5, 0.6) is 5.75 Å².